The molecule has 0 saturated carbocycles. The van der Waals surface area contributed by atoms with Crippen LogP contribution in [0.4, 0.5) is 13.2 Å². The molecule has 1 atom stereocenters. The van der Waals surface area contributed by atoms with Crippen molar-refractivity contribution in [2.45, 2.75) is 35.3 Å². The third kappa shape index (κ3) is 4.05. The number of benzene rings is 1. The fraction of sp³-hybridized carbons (Fsp3) is 0.462. The number of hydrogen-bond donors (Lipinski definition) is 1. The summed E-state index contributed by atoms with van der Waals surface area (Å²) in [6.07, 6.45) is -4.38. The molecule has 1 rings (SSSR count). The molecular formula is C13H13Br2F3O2. The Morgan fingerprint density at radius 2 is 1.75 bits per heavy atom. The first-order chi connectivity index (χ1) is 9.10. The van der Waals surface area contributed by atoms with Crippen molar-refractivity contribution in [1.29, 1.82) is 0 Å². The number of ketones is 1. The van der Waals surface area contributed by atoms with Crippen molar-refractivity contribution in [2.75, 3.05) is 0 Å². The van der Waals surface area contributed by atoms with Crippen molar-refractivity contribution in [2.24, 2.45) is 0 Å². The number of carbonyl (C=O) groups is 1. The van der Waals surface area contributed by atoms with Crippen molar-refractivity contribution in [3.8, 4) is 0 Å². The van der Waals surface area contributed by atoms with Crippen LogP contribution >= 0.6 is 31.9 Å². The predicted molar refractivity (Wildman–Crippen MR) is 77.3 cm³/mol. The first kappa shape index (κ1) is 17.7. The molecule has 0 radical (unpaired) electrons. The average molecular weight is 418 g/mol. The summed E-state index contributed by atoms with van der Waals surface area (Å²) < 4.78 is 35.9. The number of carbonyl (C=O) groups excluding carboxylic acids is 1. The van der Waals surface area contributed by atoms with Gasteiger partial charge in [-0.05, 0) is 18.6 Å². The van der Waals surface area contributed by atoms with Gasteiger partial charge in [-0.15, -0.1) is 0 Å². The molecule has 0 aliphatic rings. The van der Waals surface area contributed by atoms with Crippen molar-refractivity contribution in [1.82, 2.24) is 0 Å². The zero-order valence-corrected chi connectivity index (χ0v) is 13.7. The Hall–Kier alpha value is -0.400. The maximum Gasteiger partial charge on any atom is 0.416 e. The van der Waals surface area contributed by atoms with Gasteiger partial charge in [0.2, 0.25) is 0 Å². The molecule has 2 nitrogen and oxygen atoms in total. The molecule has 0 aliphatic carbocycles. The zero-order valence-electron chi connectivity index (χ0n) is 10.5. The van der Waals surface area contributed by atoms with Crippen LogP contribution in [0.25, 0.3) is 0 Å². The molecule has 0 amide bonds. The molecule has 7 heteroatoms. The van der Waals surface area contributed by atoms with Crippen LogP contribution < -0.4 is 0 Å². The minimum absolute atomic E-state index is 0.0851. The smallest absolute Gasteiger partial charge is 0.390 e. The number of aliphatic hydroxyl groups excluding tert-OH is 1. The fourth-order valence-electron chi connectivity index (χ4n) is 1.61. The molecule has 1 aromatic carbocycles. The predicted octanol–water partition coefficient (Wildman–Crippen LogP) is 4.54. The normalized spacial score (nSPS) is 14.2. The molecule has 0 bridgehead atoms. The van der Waals surface area contributed by atoms with Gasteiger partial charge >= 0.3 is 6.18 Å². The minimum atomic E-state index is -4.44. The van der Waals surface area contributed by atoms with E-state index >= 15 is 0 Å². The van der Waals surface area contributed by atoms with Gasteiger partial charge in [-0.25, -0.2) is 0 Å². The summed E-state index contributed by atoms with van der Waals surface area (Å²) in [7, 11) is 0. The van der Waals surface area contributed by atoms with Gasteiger partial charge in [0.25, 0.3) is 0 Å². The highest BCUT2D eigenvalue weighted by atomic mass is 79.9. The van der Waals surface area contributed by atoms with E-state index in [1.165, 1.54) is 0 Å². The molecule has 1 aromatic rings. The highest BCUT2D eigenvalue weighted by molar-refractivity contribution is 9.26. The second-order valence-electron chi connectivity index (χ2n) is 4.33. The highest BCUT2D eigenvalue weighted by Crippen LogP contribution is 2.37. The third-order valence-corrected chi connectivity index (χ3v) is 4.53. The van der Waals surface area contributed by atoms with Crippen molar-refractivity contribution >= 4 is 37.6 Å². The molecule has 0 aliphatic heterocycles. The van der Waals surface area contributed by atoms with E-state index in [2.05, 4.69) is 31.9 Å². The van der Waals surface area contributed by atoms with Gasteiger partial charge in [0.05, 0.1) is 11.7 Å². The van der Waals surface area contributed by atoms with Crippen LogP contribution in [0.5, 0.6) is 0 Å². The average Bonchev–Trinajstić information content (AvgIpc) is 2.37. The lowest BCUT2D eigenvalue weighted by Crippen LogP contribution is -2.38. The first-order valence-electron chi connectivity index (χ1n) is 5.88. The Labute approximate surface area is 131 Å². The molecule has 112 valence electrons. The monoisotopic (exact) mass is 416 g/mol. The van der Waals surface area contributed by atoms with Gasteiger partial charge in [0.1, 0.15) is 0 Å². The first-order valence-corrected chi connectivity index (χ1v) is 7.47. The lowest BCUT2D eigenvalue weighted by atomic mass is 10.0. The third-order valence-electron chi connectivity index (χ3n) is 2.76. The Kier molecular flexibility index (Phi) is 5.80. The summed E-state index contributed by atoms with van der Waals surface area (Å²) in [5.41, 5.74) is -0.736. The number of alkyl halides is 5. The van der Waals surface area contributed by atoms with Gasteiger partial charge in [-0.2, -0.15) is 13.2 Å². The van der Waals surface area contributed by atoms with Crippen molar-refractivity contribution < 1.29 is 23.1 Å². The van der Waals surface area contributed by atoms with Crippen molar-refractivity contribution in [3.05, 3.63) is 35.4 Å². The Bertz CT molecular complexity index is 469. The Balaban J connectivity index is 2.98. The van der Waals surface area contributed by atoms with Gasteiger partial charge < -0.3 is 5.11 Å². The molecule has 1 unspecified atom stereocenters. The quantitative estimate of drug-likeness (QED) is 0.564. The van der Waals surface area contributed by atoms with Crippen molar-refractivity contribution in [3.63, 3.8) is 0 Å². The lowest BCUT2D eigenvalue weighted by molar-refractivity contribution is -0.137. The molecule has 20 heavy (non-hydrogen) atoms. The van der Waals surface area contributed by atoms with Gasteiger partial charge in [-0.1, -0.05) is 57.3 Å². The largest absolute Gasteiger partial charge is 0.416 e. The number of Topliss-reactive ketones (excluding diaryl/α,β-unsaturated/α-hetero) is 1. The maximum absolute atomic E-state index is 12.4. The molecule has 0 saturated heterocycles. The molecule has 1 N–H and O–H groups in total. The topological polar surface area (TPSA) is 37.3 Å². The molecule has 0 fully saturated rings. The second-order valence-corrected chi connectivity index (χ2v) is 7.90. The number of rotatable bonds is 5. The molecule has 0 spiro atoms. The van der Waals surface area contributed by atoms with Crippen LogP contribution in [-0.2, 0) is 6.18 Å². The van der Waals surface area contributed by atoms with Crippen LogP contribution in [0.1, 0.15) is 35.7 Å². The van der Waals surface area contributed by atoms with Crippen LogP contribution in [0.3, 0.4) is 0 Å². The van der Waals surface area contributed by atoms with E-state index in [1.807, 2.05) is 6.92 Å². The van der Waals surface area contributed by atoms with Gasteiger partial charge in [-0.3, -0.25) is 4.79 Å². The summed E-state index contributed by atoms with van der Waals surface area (Å²) in [5, 5.41) is 9.90. The Morgan fingerprint density at radius 3 is 2.15 bits per heavy atom. The molecule has 0 heterocycles. The van der Waals surface area contributed by atoms with E-state index in [0.717, 1.165) is 24.3 Å². The van der Waals surface area contributed by atoms with Crippen LogP contribution in [0.2, 0.25) is 0 Å². The summed E-state index contributed by atoms with van der Waals surface area (Å²) >= 11 is 6.21. The highest BCUT2D eigenvalue weighted by Gasteiger charge is 2.40. The lowest BCUT2D eigenvalue weighted by Gasteiger charge is -2.25. The number of halogens is 5. The second kappa shape index (κ2) is 6.58. The summed E-state index contributed by atoms with van der Waals surface area (Å²) in [4.78, 5) is 12.2. The van der Waals surface area contributed by atoms with Crippen LogP contribution in [0, 0.1) is 0 Å². The Morgan fingerprint density at radius 1 is 1.25 bits per heavy atom. The summed E-state index contributed by atoms with van der Waals surface area (Å²) in [6.45, 7) is 1.85. The van der Waals surface area contributed by atoms with E-state index in [-0.39, 0.29) is 5.56 Å². The van der Waals surface area contributed by atoms with Gasteiger partial charge in [0, 0.05) is 5.56 Å². The zero-order chi connectivity index (χ0) is 15.6. The number of hydrogen-bond acceptors (Lipinski definition) is 2. The number of aliphatic hydroxyl groups is 1. The molecule has 0 aromatic heterocycles. The maximum atomic E-state index is 12.4. The summed E-state index contributed by atoms with van der Waals surface area (Å²) in [6, 6.07) is 3.88. The van der Waals surface area contributed by atoms with E-state index in [1.54, 1.807) is 0 Å². The molecular weight excluding hydrogens is 405 g/mol. The van der Waals surface area contributed by atoms with E-state index < -0.39 is 26.9 Å². The standard InChI is InChI=1S/C13H13Br2F3O2/c1-2-3-10(19)12(14,15)11(20)8-4-6-9(7-5-8)13(16,17)18/h4-7,10,19H,2-3H2,1H3. The van der Waals surface area contributed by atoms with E-state index in [0.29, 0.717) is 12.8 Å². The SMILES string of the molecule is CCCC(O)C(Br)(Br)C(=O)c1ccc(C(F)(F)F)cc1. The van der Waals surface area contributed by atoms with Crippen LogP contribution in [-0.4, -0.2) is 20.2 Å². The summed E-state index contributed by atoms with van der Waals surface area (Å²) in [5.74, 6) is -0.521. The van der Waals surface area contributed by atoms with Crippen LogP contribution in [0.15, 0.2) is 24.3 Å². The minimum Gasteiger partial charge on any atom is -0.390 e. The fourth-order valence-corrected chi connectivity index (χ4v) is 2.52. The van der Waals surface area contributed by atoms with E-state index in [9.17, 15) is 23.1 Å². The van der Waals surface area contributed by atoms with Gasteiger partial charge in [0.15, 0.2) is 9.02 Å². The van der Waals surface area contributed by atoms with E-state index in [4.69, 9.17) is 0 Å².